The molecular weight excluding hydrogens is 242 g/mol. The van der Waals surface area contributed by atoms with Gasteiger partial charge in [-0.1, -0.05) is 31.0 Å². The second-order valence-corrected chi connectivity index (χ2v) is 5.28. The maximum atomic E-state index is 12.0. The highest BCUT2D eigenvalue weighted by Gasteiger charge is 2.22. The zero-order valence-electron chi connectivity index (χ0n) is 11.9. The molecule has 4 heteroatoms. The molecule has 4 nitrogen and oxygen atoms in total. The number of rotatable bonds is 5. The molecule has 1 aromatic carbocycles. The van der Waals surface area contributed by atoms with Gasteiger partial charge >= 0.3 is 5.97 Å². The van der Waals surface area contributed by atoms with Gasteiger partial charge in [0.15, 0.2) is 0 Å². The van der Waals surface area contributed by atoms with Gasteiger partial charge in [0.2, 0.25) is 0 Å². The molecule has 1 amide bonds. The van der Waals surface area contributed by atoms with Crippen LogP contribution in [-0.2, 0) is 4.79 Å². The number of benzene rings is 1. The first-order chi connectivity index (χ1) is 8.81. The summed E-state index contributed by atoms with van der Waals surface area (Å²) < 4.78 is 0. The van der Waals surface area contributed by atoms with Gasteiger partial charge in [-0.25, -0.2) is 0 Å². The summed E-state index contributed by atoms with van der Waals surface area (Å²) in [5, 5.41) is 11.8. The number of hydrogen-bond donors (Lipinski definition) is 2. The average Bonchev–Trinajstić information content (AvgIpc) is 2.26. The third-order valence-electron chi connectivity index (χ3n) is 3.09. The first-order valence-electron chi connectivity index (χ1n) is 6.40. The number of amides is 1. The topological polar surface area (TPSA) is 66.4 Å². The minimum absolute atomic E-state index is 0.0166. The summed E-state index contributed by atoms with van der Waals surface area (Å²) in [5.74, 6) is -1.68. The second-order valence-electron chi connectivity index (χ2n) is 5.28. The molecule has 1 rings (SSSR count). The van der Waals surface area contributed by atoms with E-state index in [4.69, 9.17) is 5.11 Å². The highest BCUT2D eigenvalue weighted by Crippen LogP contribution is 2.11. The van der Waals surface area contributed by atoms with Crippen LogP contribution in [-0.4, -0.2) is 23.5 Å². The molecule has 2 N–H and O–H groups in total. The fourth-order valence-electron chi connectivity index (χ4n) is 2.02. The van der Waals surface area contributed by atoms with E-state index in [1.807, 2.05) is 33.8 Å². The molecule has 1 unspecified atom stereocenters. The number of carboxylic acid groups (broad SMARTS) is 1. The van der Waals surface area contributed by atoms with E-state index >= 15 is 0 Å². The normalized spacial score (nSPS) is 12.3. The summed E-state index contributed by atoms with van der Waals surface area (Å²) >= 11 is 0. The van der Waals surface area contributed by atoms with Crippen molar-refractivity contribution >= 4 is 11.9 Å². The Kier molecular flexibility index (Phi) is 5.10. The third kappa shape index (κ3) is 4.39. The Morgan fingerprint density at radius 2 is 1.68 bits per heavy atom. The van der Waals surface area contributed by atoms with E-state index in [-0.39, 0.29) is 18.4 Å². The summed E-state index contributed by atoms with van der Waals surface area (Å²) in [6.45, 7) is 7.68. The Morgan fingerprint density at radius 1 is 1.16 bits per heavy atom. The van der Waals surface area contributed by atoms with Crippen LogP contribution in [0, 0.1) is 25.7 Å². The smallest absolute Gasteiger partial charge is 0.308 e. The zero-order chi connectivity index (χ0) is 14.6. The predicted molar refractivity (Wildman–Crippen MR) is 74.2 cm³/mol. The van der Waals surface area contributed by atoms with Crippen molar-refractivity contribution in [2.45, 2.75) is 27.7 Å². The van der Waals surface area contributed by atoms with E-state index in [1.54, 1.807) is 12.1 Å². The van der Waals surface area contributed by atoms with E-state index < -0.39 is 11.9 Å². The standard InChI is InChI=1S/C15H21NO3/c1-9(2)13(15(18)19)8-16-14(17)12-6-10(3)5-11(4)7-12/h5-7,9,13H,8H2,1-4H3,(H,16,17)(H,18,19). The fraction of sp³-hybridized carbons (Fsp3) is 0.467. The number of hydrogen-bond acceptors (Lipinski definition) is 2. The van der Waals surface area contributed by atoms with Crippen LogP contribution in [0.5, 0.6) is 0 Å². The van der Waals surface area contributed by atoms with Crippen molar-refractivity contribution in [1.29, 1.82) is 0 Å². The van der Waals surface area contributed by atoms with Crippen LogP contribution in [0.15, 0.2) is 18.2 Å². The molecule has 1 aromatic rings. The molecule has 0 heterocycles. The quantitative estimate of drug-likeness (QED) is 0.857. The molecule has 0 saturated carbocycles. The molecule has 0 radical (unpaired) electrons. The Bertz CT molecular complexity index is 460. The number of carbonyl (C=O) groups is 2. The van der Waals surface area contributed by atoms with Crippen LogP contribution in [0.3, 0.4) is 0 Å². The molecule has 0 aliphatic rings. The van der Waals surface area contributed by atoms with E-state index in [1.165, 1.54) is 0 Å². The molecule has 19 heavy (non-hydrogen) atoms. The number of aryl methyl sites for hydroxylation is 2. The van der Waals surface area contributed by atoms with Gasteiger partial charge in [0, 0.05) is 12.1 Å². The number of carboxylic acids is 1. The monoisotopic (exact) mass is 263 g/mol. The lowest BCUT2D eigenvalue weighted by atomic mass is 9.96. The predicted octanol–water partition coefficient (Wildman–Crippen LogP) is 2.39. The molecule has 0 bridgehead atoms. The lowest BCUT2D eigenvalue weighted by molar-refractivity contribution is -0.142. The van der Waals surface area contributed by atoms with Crippen LogP contribution in [0.1, 0.15) is 35.3 Å². The summed E-state index contributed by atoms with van der Waals surface area (Å²) in [6.07, 6.45) is 0. The Balaban J connectivity index is 2.72. The number of nitrogens with one attached hydrogen (secondary N) is 1. The summed E-state index contributed by atoms with van der Waals surface area (Å²) in [6, 6.07) is 5.59. The Labute approximate surface area is 113 Å². The Morgan fingerprint density at radius 3 is 2.11 bits per heavy atom. The van der Waals surface area contributed by atoms with Gasteiger partial charge in [-0.15, -0.1) is 0 Å². The van der Waals surface area contributed by atoms with Crippen molar-refractivity contribution in [1.82, 2.24) is 5.32 Å². The van der Waals surface area contributed by atoms with Crippen LogP contribution in [0.2, 0.25) is 0 Å². The van der Waals surface area contributed by atoms with Gasteiger partial charge in [0.05, 0.1) is 5.92 Å². The summed E-state index contributed by atoms with van der Waals surface area (Å²) in [4.78, 5) is 23.0. The first-order valence-corrected chi connectivity index (χ1v) is 6.40. The van der Waals surface area contributed by atoms with Crippen molar-refractivity contribution in [3.05, 3.63) is 34.9 Å². The van der Waals surface area contributed by atoms with Crippen LogP contribution in [0.25, 0.3) is 0 Å². The zero-order valence-corrected chi connectivity index (χ0v) is 11.9. The highest BCUT2D eigenvalue weighted by molar-refractivity contribution is 5.94. The molecule has 104 valence electrons. The van der Waals surface area contributed by atoms with Crippen LogP contribution >= 0.6 is 0 Å². The SMILES string of the molecule is Cc1cc(C)cc(C(=O)NCC(C(=O)O)C(C)C)c1. The van der Waals surface area contributed by atoms with Gasteiger partial charge < -0.3 is 10.4 Å². The molecular formula is C15H21NO3. The molecule has 0 saturated heterocycles. The van der Waals surface area contributed by atoms with E-state index in [2.05, 4.69) is 5.32 Å². The van der Waals surface area contributed by atoms with Gasteiger partial charge in [0.25, 0.3) is 5.91 Å². The minimum Gasteiger partial charge on any atom is -0.481 e. The molecule has 1 atom stereocenters. The summed E-state index contributed by atoms with van der Waals surface area (Å²) in [5.41, 5.74) is 2.61. The van der Waals surface area contributed by atoms with Gasteiger partial charge in [-0.05, 0) is 31.9 Å². The molecule has 0 aliphatic heterocycles. The van der Waals surface area contributed by atoms with Crippen LogP contribution in [0.4, 0.5) is 0 Å². The molecule has 0 aromatic heterocycles. The maximum Gasteiger partial charge on any atom is 0.308 e. The van der Waals surface area contributed by atoms with E-state index in [0.29, 0.717) is 5.56 Å². The first kappa shape index (κ1) is 15.2. The van der Waals surface area contributed by atoms with E-state index in [9.17, 15) is 9.59 Å². The van der Waals surface area contributed by atoms with Gasteiger partial charge in [0.1, 0.15) is 0 Å². The largest absolute Gasteiger partial charge is 0.481 e. The van der Waals surface area contributed by atoms with Crippen molar-refractivity contribution in [2.75, 3.05) is 6.54 Å². The number of aliphatic carboxylic acids is 1. The molecule has 0 spiro atoms. The van der Waals surface area contributed by atoms with Crippen LogP contribution < -0.4 is 5.32 Å². The lowest BCUT2D eigenvalue weighted by Gasteiger charge is -2.17. The summed E-state index contributed by atoms with van der Waals surface area (Å²) in [7, 11) is 0. The van der Waals surface area contributed by atoms with Crippen molar-refractivity contribution in [3.63, 3.8) is 0 Å². The van der Waals surface area contributed by atoms with Crippen molar-refractivity contribution in [2.24, 2.45) is 11.8 Å². The average molecular weight is 263 g/mol. The molecule has 0 aliphatic carbocycles. The highest BCUT2D eigenvalue weighted by atomic mass is 16.4. The number of carbonyl (C=O) groups excluding carboxylic acids is 1. The van der Waals surface area contributed by atoms with Crippen molar-refractivity contribution < 1.29 is 14.7 Å². The second kappa shape index (κ2) is 6.36. The van der Waals surface area contributed by atoms with Gasteiger partial charge in [-0.2, -0.15) is 0 Å². The Hall–Kier alpha value is -1.84. The van der Waals surface area contributed by atoms with Crippen molar-refractivity contribution in [3.8, 4) is 0 Å². The minimum atomic E-state index is -0.879. The maximum absolute atomic E-state index is 12.0. The van der Waals surface area contributed by atoms with E-state index in [0.717, 1.165) is 11.1 Å². The van der Waals surface area contributed by atoms with Gasteiger partial charge in [-0.3, -0.25) is 9.59 Å². The molecule has 0 fully saturated rings. The third-order valence-corrected chi connectivity index (χ3v) is 3.09. The fourth-order valence-corrected chi connectivity index (χ4v) is 2.02. The lowest BCUT2D eigenvalue weighted by Crippen LogP contribution is -2.35.